The molecule has 92 valence electrons. The van der Waals surface area contributed by atoms with Crippen molar-refractivity contribution in [3.8, 4) is 0 Å². The molecule has 2 rings (SSSR count). The number of rotatable bonds is 3. The summed E-state index contributed by atoms with van der Waals surface area (Å²) in [4.78, 5) is 33.2. The van der Waals surface area contributed by atoms with Crippen LogP contribution in [0.5, 0.6) is 0 Å². The third-order valence-corrected chi connectivity index (χ3v) is 2.02. The van der Waals surface area contributed by atoms with Gasteiger partial charge in [-0.15, -0.1) is 0 Å². The lowest BCUT2D eigenvalue weighted by atomic mass is 10.3. The summed E-state index contributed by atoms with van der Waals surface area (Å²) in [6.45, 7) is 0. The van der Waals surface area contributed by atoms with Gasteiger partial charge in [0.25, 0.3) is 11.5 Å². The molecule has 0 aliphatic rings. The van der Waals surface area contributed by atoms with Gasteiger partial charge in [-0.1, -0.05) is 0 Å². The third-order valence-electron chi connectivity index (χ3n) is 2.02. The molecule has 2 aromatic heterocycles. The minimum Gasteiger partial charge on any atom is -0.477 e. The van der Waals surface area contributed by atoms with Gasteiger partial charge in [-0.05, 0) is 6.07 Å². The van der Waals surface area contributed by atoms with Crippen LogP contribution in [0.1, 0.15) is 20.8 Å². The number of aromatic carboxylic acids is 1. The zero-order valence-electron chi connectivity index (χ0n) is 8.80. The number of amides is 1. The highest BCUT2D eigenvalue weighted by molar-refractivity contribution is 6.05. The third kappa shape index (κ3) is 2.24. The van der Waals surface area contributed by atoms with E-state index in [2.05, 4.69) is 25.7 Å². The molecular formula is C9H7N5O4. The van der Waals surface area contributed by atoms with Crippen LogP contribution in [0.25, 0.3) is 0 Å². The standard InChI is InChI=1S/C9H7N5O4/c15-6-2-1-5(12-13-6)8(16)11-7-4(9(17)18)3-10-14-7/h1-3H,(H,13,15)(H,17,18)(H2,10,11,14,16). The number of carbonyl (C=O) groups is 2. The van der Waals surface area contributed by atoms with E-state index in [-0.39, 0.29) is 17.1 Å². The summed E-state index contributed by atoms with van der Waals surface area (Å²) in [6.07, 6.45) is 1.07. The molecule has 0 atom stereocenters. The molecule has 0 fully saturated rings. The molecule has 18 heavy (non-hydrogen) atoms. The van der Waals surface area contributed by atoms with Crippen molar-refractivity contribution in [3.05, 3.63) is 39.9 Å². The Labute approximate surface area is 98.9 Å². The van der Waals surface area contributed by atoms with Crippen molar-refractivity contribution in [3.63, 3.8) is 0 Å². The zero-order valence-corrected chi connectivity index (χ0v) is 8.80. The number of anilines is 1. The number of nitrogens with zero attached hydrogens (tertiary/aromatic N) is 2. The van der Waals surface area contributed by atoms with E-state index < -0.39 is 17.4 Å². The maximum atomic E-state index is 11.7. The Kier molecular flexibility index (Phi) is 2.87. The van der Waals surface area contributed by atoms with Gasteiger partial charge in [-0.25, -0.2) is 9.89 Å². The molecule has 4 N–H and O–H groups in total. The van der Waals surface area contributed by atoms with Crippen molar-refractivity contribution in [2.75, 3.05) is 5.32 Å². The molecule has 2 heterocycles. The first-order valence-electron chi connectivity index (χ1n) is 4.71. The second-order valence-corrected chi connectivity index (χ2v) is 3.22. The SMILES string of the molecule is O=C(Nc1[nH]ncc1C(=O)O)c1ccc(=O)[nH]n1. The highest BCUT2D eigenvalue weighted by Gasteiger charge is 2.16. The number of H-pyrrole nitrogens is 2. The van der Waals surface area contributed by atoms with Crippen LogP contribution in [0.3, 0.4) is 0 Å². The molecule has 0 unspecified atom stereocenters. The lowest BCUT2D eigenvalue weighted by Gasteiger charge is -2.02. The normalized spacial score (nSPS) is 10.0. The number of nitrogens with one attached hydrogen (secondary N) is 3. The van der Waals surface area contributed by atoms with E-state index in [0.29, 0.717) is 0 Å². The van der Waals surface area contributed by atoms with Crippen molar-refractivity contribution in [1.82, 2.24) is 20.4 Å². The maximum absolute atomic E-state index is 11.7. The predicted octanol–water partition coefficient (Wildman–Crippen LogP) is -0.557. The Morgan fingerprint density at radius 2 is 2.06 bits per heavy atom. The molecule has 2 aromatic rings. The molecule has 0 aromatic carbocycles. The van der Waals surface area contributed by atoms with Crippen molar-refractivity contribution in [1.29, 1.82) is 0 Å². The number of aromatic nitrogens is 4. The Morgan fingerprint density at radius 1 is 1.28 bits per heavy atom. The van der Waals surface area contributed by atoms with E-state index in [1.807, 2.05) is 0 Å². The number of hydrogen-bond donors (Lipinski definition) is 4. The van der Waals surface area contributed by atoms with E-state index in [4.69, 9.17) is 5.11 Å². The molecule has 0 saturated heterocycles. The minimum atomic E-state index is -1.23. The van der Waals surface area contributed by atoms with Crippen molar-refractivity contribution in [2.45, 2.75) is 0 Å². The van der Waals surface area contributed by atoms with Gasteiger partial charge in [0.2, 0.25) is 0 Å². The van der Waals surface area contributed by atoms with E-state index in [1.165, 1.54) is 6.07 Å². The van der Waals surface area contributed by atoms with Gasteiger partial charge in [0.15, 0.2) is 0 Å². The smallest absolute Gasteiger partial charge is 0.341 e. The van der Waals surface area contributed by atoms with Crippen LogP contribution >= 0.6 is 0 Å². The van der Waals surface area contributed by atoms with Gasteiger partial charge in [0, 0.05) is 6.07 Å². The van der Waals surface area contributed by atoms with E-state index in [9.17, 15) is 14.4 Å². The molecule has 0 aliphatic heterocycles. The fraction of sp³-hybridized carbons (Fsp3) is 0. The van der Waals surface area contributed by atoms with Gasteiger partial charge in [-0.3, -0.25) is 14.7 Å². The summed E-state index contributed by atoms with van der Waals surface area (Å²) >= 11 is 0. The van der Waals surface area contributed by atoms with Crippen LogP contribution in [0, 0.1) is 0 Å². The molecular weight excluding hydrogens is 242 g/mol. The molecule has 1 amide bonds. The average Bonchev–Trinajstić information content (AvgIpc) is 2.78. The van der Waals surface area contributed by atoms with Crippen LogP contribution in [-0.4, -0.2) is 37.4 Å². The zero-order chi connectivity index (χ0) is 13.1. The Bertz CT molecular complexity index is 638. The van der Waals surface area contributed by atoms with Gasteiger partial charge < -0.3 is 10.4 Å². The number of hydrogen-bond acceptors (Lipinski definition) is 5. The van der Waals surface area contributed by atoms with Crippen molar-refractivity contribution < 1.29 is 14.7 Å². The highest BCUT2D eigenvalue weighted by atomic mass is 16.4. The van der Waals surface area contributed by atoms with Gasteiger partial charge in [0.1, 0.15) is 17.1 Å². The summed E-state index contributed by atoms with van der Waals surface area (Å²) in [5.41, 5.74) is -0.673. The maximum Gasteiger partial charge on any atom is 0.341 e. The first kappa shape index (κ1) is 11.5. The summed E-state index contributed by atoms with van der Waals surface area (Å²) < 4.78 is 0. The molecule has 0 radical (unpaired) electrons. The number of carbonyl (C=O) groups excluding carboxylic acids is 1. The Morgan fingerprint density at radius 3 is 2.67 bits per heavy atom. The lowest BCUT2D eigenvalue weighted by Crippen LogP contribution is -2.18. The van der Waals surface area contributed by atoms with Crippen molar-refractivity contribution >= 4 is 17.7 Å². The van der Waals surface area contributed by atoms with E-state index in [0.717, 1.165) is 12.3 Å². The van der Waals surface area contributed by atoms with Crippen LogP contribution in [-0.2, 0) is 0 Å². The van der Waals surface area contributed by atoms with Crippen molar-refractivity contribution in [2.24, 2.45) is 0 Å². The first-order valence-corrected chi connectivity index (χ1v) is 4.71. The molecule has 0 saturated carbocycles. The number of carboxylic acids is 1. The quantitative estimate of drug-likeness (QED) is 0.574. The van der Waals surface area contributed by atoms with Crippen LogP contribution < -0.4 is 10.9 Å². The summed E-state index contributed by atoms with van der Waals surface area (Å²) in [7, 11) is 0. The highest BCUT2D eigenvalue weighted by Crippen LogP contribution is 2.11. The topological polar surface area (TPSA) is 141 Å². The molecule has 9 heteroatoms. The molecule has 0 bridgehead atoms. The first-order chi connectivity index (χ1) is 8.58. The second kappa shape index (κ2) is 4.49. The average molecular weight is 249 g/mol. The van der Waals surface area contributed by atoms with Gasteiger partial charge in [0.05, 0.1) is 6.20 Å². The molecule has 0 spiro atoms. The van der Waals surface area contributed by atoms with Crippen LogP contribution in [0.15, 0.2) is 23.1 Å². The van der Waals surface area contributed by atoms with Crippen LogP contribution in [0.4, 0.5) is 5.82 Å². The Hall–Kier alpha value is -2.97. The lowest BCUT2D eigenvalue weighted by molar-refractivity contribution is 0.0698. The van der Waals surface area contributed by atoms with Gasteiger partial charge in [-0.2, -0.15) is 10.2 Å². The second-order valence-electron chi connectivity index (χ2n) is 3.22. The monoisotopic (exact) mass is 249 g/mol. The largest absolute Gasteiger partial charge is 0.477 e. The predicted molar refractivity (Wildman–Crippen MR) is 58.4 cm³/mol. The number of carboxylic acid groups (broad SMARTS) is 1. The summed E-state index contributed by atoms with van der Waals surface area (Å²) in [5.74, 6) is -1.95. The van der Waals surface area contributed by atoms with Crippen LogP contribution in [0.2, 0.25) is 0 Å². The van der Waals surface area contributed by atoms with E-state index >= 15 is 0 Å². The molecule has 9 nitrogen and oxygen atoms in total. The summed E-state index contributed by atoms with van der Waals surface area (Å²) in [6, 6.07) is 2.35. The van der Waals surface area contributed by atoms with E-state index in [1.54, 1.807) is 0 Å². The summed E-state index contributed by atoms with van der Waals surface area (Å²) in [5, 5.41) is 22.5. The fourth-order valence-electron chi connectivity index (χ4n) is 1.19. The minimum absolute atomic E-state index is 0.0551. The number of aromatic amines is 2. The Balaban J connectivity index is 2.21. The van der Waals surface area contributed by atoms with Gasteiger partial charge >= 0.3 is 5.97 Å². The fourth-order valence-corrected chi connectivity index (χ4v) is 1.19. The molecule has 0 aliphatic carbocycles.